The quantitative estimate of drug-likeness (QED) is 0.666. The second-order valence-electron chi connectivity index (χ2n) is 7.94. The Morgan fingerprint density at radius 1 is 1.37 bits per heavy atom. The first-order valence-corrected chi connectivity index (χ1v) is 9.65. The van der Waals surface area contributed by atoms with Crippen LogP contribution in [0.5, 0.6) is 5.75 Å². The zero-order valence-electron chi connectivity index (χ0n) is 16.6. The molecule has 3 atom stereocenters. The van der Waals surface area contributed by atoms with Gasteiger partial charge in [-0.15, -0.1) is 0 Å². The number of methoxy groups -OCH3 is 1. The molecule has 1 aliphatic heterocycles. The molecule has 6 nitrogen and oxygen atoms in total. The Morgan fingerprint density at radius 2 is 2.19 bits per heavy atom. The van der Waals surface area contributed by atoms with E-state index in [1.54, 1.807) is 7.11 Å². The van der Waals surface area contributed by atoms with Crippen molar-refractivity contribution in [1.29, 1.82) is 0 Å². The van der Waals surface area contributed by atoms with E-state index in [9.17, 15) is 0 Å². The summed E-state index contributed by atoms with van der Waals surface area (Å²) < 4.78 is 7.46. The number of aryl methyl sites for hydroxylation is 1. The fraction of sp³-hybridized carbons (Fsp3) is 0.524. The van der Waals surface area contributed by atoms with Crippen LogP contribution in [0.25, 0.3) is 0 Å². The van der Waals surface area contributed by atoms with E-state index in [1.807, 2.05) is 37.1 Å². The summed E-state index contributed by atoms with van der Waals surface area (Å²) in [5.41, 5.74) is 2.68. The van der Waals surface area contributed by atoms with E-state index in [0.717, 1.165) is 37.6 Å². The van der Waals surface area contributed by atoms with Crippen molar-refractivity contribution < 1.29 is 4.74 Å². The van der Waals surface area contributed by atoms with Crippen LogP contribution in [0, 0.1) is 0 Å². The van der Waals surface area contributed by atoms with Gasteiger partial charge in [0.25, 0.3) is 0 Å². The first-order chi connectivity index (χ1) is 13.0. The number of likely N-dealkylation sites (tertiary alicyclic amines) is 1. The Morgan fingerprint density at radius 3 is 2.89 bits per heavy atom. The highest BCUT2D eigenvalue weighted by molar-refractivity contribution is 5.81. The van der Waals surface area contributed by atoms with Crippen LogP contribution in [-0.2, 0) is 12.5 Å². The monoisotopic (exact) mass is 367 g/mol. The number of guanidine groups is 1. The van der Waals surface area contributed by atoms with Crippen LogP contribution in [-0.4, -0.2) is 53.9 Å². The minimum atomic E-state index is 0.0883. The van der Waals surface area contributed by atoms with Gasteiger partial charge in [-0.2, -0.15) is 5.10 Å². The lowest BCUT2D eigenvalue weighted by atomic mass is 9.96. The highest BCUT2D eigenvalue weighted by Gasteiger charge is 2.53. The van der Waals surface area contributed by atoms with Gasteiger partial charge in [0.1, 0.15) is 5.75 Å². The molecule has 3 unspecified atom stereocenters. The molecule has 0 bridgehead atoms. The third-order valence-electron chi connectivity index (χ3n) is 6.16. The maximum Gasteiger partial charge on any atom is 0.193 e. The number of hydrogen-bond acceptors (Lipinski definition) is 3. The number of hydrogen-bond donors (Lipinski definition) is 1. The lowest BCUT2D eigenvalue weighted by Gasteiger charge is -2.23. The standard InChI is InChI=1S/C21H29N5O/c1-21(17-7-5-6-8-18(17)27-4)11-19(21)24-20(22-2)26-10-9-15(14-26)16-12-23-25(3)13-16/h5-8,12-13,15,19H,9-11,14H2,1-4H3,(H,22,24). The molecule has 2 aromatic rings. The van der Waals surface area contributed by atoms with Gasteiger partial charge >= 0.3 is 0 Å². The van der Waals surface area contributed by atoms with Crippen molar-refractivity contribution in [3.05, 3.63) is 47.8 Å². The molecule has 27 heavy (non-hydrogen) atoms. The maximum absolute atomic E-state index is 5.58. The molecule has 1 aromatic heterocycles. The summed E-state index contributed by atoms with van der Waals surface area (Å²) >= 11 is 0. The Bertz CT molecular complexity index is 845. The summed E-state index contributed by atoms with van der Waals surface area (Å²) in [6.07, 6.45) is 6.35. The molecule has 0 amide bonds. The smallest absolute Gasteiger partial charge is 0.193 e. The van der Waals surface area contributed by atoms with Gasteiger partial charge in [-0.25, -0.2) is 0 Å². The van der Waals surface area contributed by atoms with Crippen molar-refractivity contribution in [2.24, 2.45) is 12.0 Å². The molecule has 0 spiro atoms. The zero-order valence-corrected chi connectivity index (χ0v) is 16.6. The number of ether oxygens (including phenoxy) is 1. The van der Waals surface area contributed by atoms with Gasteiger partial charge in [0.05, 0.1) is 13.3 Å². The molecule has 6 heteroatoms. The van der Waals surface area contributed by atoms with Crippen molar-refractivity contribution >= 4 is 5.96 Å². The molecule has 2 fully saturated rings. The lowest BCUT2D eigenvalue weighted by molar-refractivity contribution is 0.404. The Labute approximate surface area is 161 Å². The molecule has 1 N–H and O–H groups in total. The van der Waals surface area contributed by atoms with Gasteiger partial charge in [-0.05, 0) is 24.5 Å². The van der Waals surface area contributed by atoms with Crippen molar-refractivity contribution in [2.45, 2.75) is 37.1 Å². The Balaban J connectivity index is 1.42. The van der Waals surface area contributed by atoms with Crippen LogP contribution < -0.4 is 10.1 Å². The van der Waals surface area contributed by atoms with Crippen LogP contribution in [0.1, 0.15) is 36.8 Å². The number of rotatable bonds is 4. The van der Waals surface area contributed by atoms with E-state index in [2.05, 4.69) is 45.6 Å². The van der Waals surface area contributed by atoms with Crippen LogP contribution >= 0.6 is 0 Å². The molecule has 1 aliphatic carbocycles. The van der Waals surface area contributed by atoms with Crippen molar-refractivity contribution in [2.75, 3.05) is 27.2 Å². The zero-order chi connectivity index (χ0) is 19.0. The second kappa shape index (κ2) is 6.91. The summed E-state index contributed by atoms with van der Waals surface area (Å²) in [5.74, 6) is 2.50. The Kier molecular flexibility index (Phi) is 4.58. The molecule has 2 heterocycles. The van der Waals surface area contributed by atoms with Crippen LogP contribution in [0.4, 0.5) is 0 Å². The molecule has 2 aliphatic rings. The fourth-order valence-corrected chi connectivity index (χ4v) is 4.32. The third-order valence-corrected chi connectivity index (χ3v) is 6.16. The first kappa shape index (κ1) is 17.9. The fourth-order valence-electron chi connectivity index (χ4n) is 4.32. The second-order valence-corrected chi connectivity index (χ2v) is 7.94. The summed E-state index contributed by atoms with van der Waals surface area (Å²) in [6.45, 7) is 4.32. The van der Waals surface area contributed by atoms with E-state index < -0.39 is 0 Å². The lowest BCUT2D eigenvalue weighted by Crippen LogP contribution is -2.42. The van der Waals surface area contributed by atoms with Crippen LogP contribution in [0.15, 0.2) is 41.7 Å². The van der Waals surface area contributed by atoms with Gasteiger partial charge in [0.2, 0.25) is 0 Å². The number of para-hydroxylation sites is 1. The Hall–Kier alpha value is -2.50. The van der Waals surface area contributed by atoms with Gasteiger partial charge < -0.3 is 15.0 Å². The van der Waals surface area contributed by atoms with E-state index in [-0.39, 0.29) is 5.41 Å². The molecular formula is C21H29N5O. The average molecular weight is 367 g/mol. The highest BCUT2D eigenvalue weighted by atomic mass is 16.5. The summed E-state index contributed by atoms with van der Waals surface area (Å²) in [6, 6.07) is 8.72. The number of nitrogens with zero attached hydrogens (tertiary/aromatic N) is 4. The third kappa shape index (κ3) is 3.29. The van der Waals surface area contributed by atoms with E-state index >= 15 is 0 Å². The van der Waals surface area contributed by atoms with E-state index in [4.69, 9.17) is 4.74 Å². The molecule has 144 valence electrons. The predicted molar refractivity (Wildman–Crippen MR) is 107 cm³/mol. The summed E-state index contributed by atoms with van der Waals surface area (Å²) in [5, 5.41) is 8.02. The first-order valence-electron chi connectivity index (χ1n) is 9.65. The molecule has 1 aromatic carbocycles. The van der Waals surface area contributed by atoms with Crippen LogP contribution in [0.2, 0.25) is 0 Å². The van der Waals surface area contributed by atoms with Crippen molar-refractivity contribution in [1.82, 2.24) is 20.0 Å². The van der Waals surface area contributed by atoms with Gasteiger partial charge in [-0.1, -0.05) is 25.1 Å². The molecule has 1 saturated carbocycles. The molecule has 4 rings (SSSR count). The maximum atomic E-state index is 5.58. The van der Waals surface area contributed by atoms with Gasteiger partial charge in [-0.3, -0.25) is 9.67 Å². The minimum Gasteiger partial charge on any atom is -0.496 e. The molecular weight excluding hydrogens is 338 g/mol. The molecule has 1 saturated heterocycles. The van der Waals surface area contributed by atoms with E-state index in [0.29, 0.717) is 12.0 Å². The topological polar surface area (TPSA) is 54.7 Å². The highest BCUT2D eigenvalue weighted by Crippen LogP contribution is 2.51. The number of nitrogens with one attached hydrogen (secondary N) is 1. The SMILES string of the molecule is CN=C(NC1CC1(C)c1ccccc1OC)N1CCC(c2cnn(C)c2)C1. The minimum absolute atomic E-state index is 0.0883. The normalized spacial score (nSPS) is 27.7. The van der Waals surface area contributed by atoms with Crippen molar-refractivity contribution in [3.8, 4) is 5.75 Å². The van der Waals surface area contributed by atoms with Gasteiger partial charge in [0.15, 0.2) is 5.96 Å². The summed E-state index contributed by atoms with van der Waals surface area (Å²) in [4.78, 5) is 6.94. The van der Waals surface area contributed by atoms with Gasteiger partial charge in [0, 0.05) is 56.3 Å². The van der Waals surface area contributed by atoms with Crippen LogP contribution in [0.3, 0.4) is 0 Å². The largest absolute Gasteiger partial charge is 0.496 e. The van der Waals surface area contributed by atoms with Crippen molar-refractivity contribution in [3.63, 3.8) is 0 Å². The number of benzene rings is 1. The molecule has 0 radical (unpaired) electrons. The average Bonchev–Trinajstić information content (AvgIpc) is 3.05. The predicted octanol–water partition coefficient (Wildman–Crippen LogP) is 2.52. The number of aromatic nitrogens is 2. The van der Waals surface area contributed by atoms with E-state index in [1.165, 1.54) is 11.1 Å². The summed E-state index contributed by atoms with van der Waals surface area (Å²) in [7, 11) is 5.60. The number of aliphatic imine (C=N–C) groups is 1.